The van der Waals surface area contributed by atoms with Crippen LogP contribution in [0.1, 0.15) is 57.2 Å². The summed E-state index contributed by atoms with van der Waals surface area (Å²) in [6.45, 7) is 5.84. The number of hydrogen-bond acceptors (Lipinski definition) is 10. The van der Waals surface area contributed by atoms with Crippen LogP contribution < -0.4 is 22.1 Å². The molecule has 12 heteroatoms. The number of benzene rings is 1. The zero-order valence-electron chi connectivity index (χ0n) is 19.7. The van der Waals surface area contributed by atoms with Crippen LogP contribution in [0, 0.1) is 13.8 Å². The second-order valence-electron chi connectivity index (χ2n) is 7.66. The van der Waals surface area contributed by atoms with Crippen LogP contribution in [0.15, 0.2) is 65.0 Å². The maximum atomic E-state index is 12.4. The average Bonchev–Trinajstić information content (AvgIpc) is 2.79. The quantitative estimate of drug-likeness (QED) is 0.296. The van der Waals surface area contributed by atoms with Crippen molar-refractivity contribution in [3.63, 3.8) is 0 Å². The lowest BCUT2D eigenvalue weighted by atomic mass is 10.1. The number of aromatic hydroxyl groups is 2. The lowest BCUT2D eigenvalue weighted by Gasteiger charge is -2.06. The van der Waals surface area contributed by atoms with Gasteiger partial charge in [-0.15, -0.1) is 0 Å². The van der Waals surface area contributed by atoms with Gasteiger partial charge in [-0.1, -0.05) is 0 Å². The Morgan fingerprint density at radius 2 is 1.06 bits per heavy atom. The number of hydrogen-bond donors (Lipinski definition) is 4. The summed E-state index contributed by atoms with van der Waals surface area (Å²) in [4.78, 5) is 48.6. The van der Waals surface area contributed by atoms with Gasteiger partial charge in [-0.05, 0) is 52.0 Å². The molecule has 0 saturated carbocycles. The predicted octanol–water partition coefficient (Wildman–Crippen LogP) is 1.93. The molecule has 0 aliphatic heterocycles. The van der Waals surface area contributed by atoms with E-state index in [9.17, 15) is 29.4 Å². The summed E-state index contributed by atoms with van der Waals surface area (Å²) >= 11 is 0. The van der Waals surface area contributed by atoms with Crippen molar-refractivity contribution in [1.29, 1.82) is 0 Å². The van der Waals surface area contributed by atoms with Crippen LogP contribution in [0.5, 0.6) is 11.5 Å². The van der Waals surface area contributed by atoms with E-state index in [1.165, 1.54) is 64.1 Å². The zero-order chi connectivity index (χ0) is 26.6. The number of hydrazone groups is 2. The number of nitrogens with zero attached hydrogens (tertiary/aromatic N) is 2. The number of carbonyl (C=O) groups is 2. The summed E-state index contributed by atoms with van der Waals surface area (Å²) in [5.74, 6) is -1.47. The van der Waals surface area contributed by atoms with Gasteiger partial charge in [-0.25, -0.2) is 20.4 Å². The van der Waals surface area contributed by atoms with E-state index in [4.69, 9.17) is 8.83 Å². The number of amides is 2. The Balaban J connectivity index is 1.68. The van der Waals surface area contributed by atoms with Crippen LogP contribution in [0.25, 0.3) is 0 Å². The molecule has 186 valence electrons. The molecule has 3 aromatic rings. The molecule has 2 amide bonds. The fraction of sp³-hybridized carbons (Fsp3) is 0.167. The Labute approximate surface area is 203 Å². The van der Waals surface area contributed by atoms with E-state index in [1.807, 2.05) is 0 Å². The highest BCUT2D eigenvalue weighted by Gasteiger charge is 2.15. The van der Waals surface area contributed by atoms with E-state index < -0.39 is 23.1 Å². The molecule has 2 heterocycles. The molecule has 0 spiro atoms. The molecule has 4 N–H and O–H groups in total. The lowest BCUT2D eigenvalue weighted by molar-refractivity contribution is 0.0943. The van der Waals surface area contributed by atoms with Crippen LogP contribution in [0.2, 0.25) is 0 Å². The van der Waals surface area contributed by atoms with Crippen LogP contribution >= 0.6 is 0 Å². The van der Waals surface area contributed by atoms with Crippen molar-refractivity contribution >= 4 is 23.2 Å². The molecule has 0 aliphatic rings. The monoisotopic (exact) mass is 494 g/mol. The van der Waals surface area contributed by atoms with E-state index in [1.54, 1.807) is 0 Å². The largest absolute Gasteiger partial charge is 0.507 e. The summed E-state index contributed by atoms with van der Waals surface area (Å²) in [6.07, 6.45) is 0. The van der Waals surface area contributed by atoms with E-state index in [2.05, 4.69) is 21.1 Å². The summed E-state index contributed by atoms with van der Waals surface area (Å²) in [7, 11) is 0. The third kappa shape index (κ3) is 5.73. The molecule has 0 radical (unpaired) electrons. The number of rotatable bonds is 6. The maximum Gasteiger partial charge on any atom is 0.348 e. The van der Waals surface area contributed by atoms with Crippen molar-refractivity contribution in [1.82, 2.24) is 10.9 Å². The van der Waals surface area contributed by atoms with Crippen molar-refractivity contribution in [2.75, 3.05) is 0 Å². The van der Waals surface area contributed by atoms with E-state index >= 15 is 0 Å². The number of aryl methyl sites for hydroxylation is 2. The van der Waals surface area contributed by atoms with E-state index in [-0.39, 0.29) is 56.7 Å². The normalized spacial score (nSPS) is 11.8. The van der Waals surface area contributed by atoms with E-state index in [0.29, 0.717) is 0 Å². The first kappa shape index (κ1) is 25.6. The highest BCUT2D eigenvalue weighted by molar-refractivity contribution is 6.03. The lowest BCUT2D eigenvalue weighted by Crippen LogP contribution is -2.23. The summed E-state index contributed by atoms with van der Waals surface area (Å²) in [5, 5.41) is 27.6. The molecule has 1 aromatic carbocycles. The molecule has 0 fully saturated rings. The second kappa shape index (κ2) is 10.5. The van der Waals surface area contributed by atoms with Crippen molar-refractivity contribution in [3.05, 3.63) is 91.0 Å². The molecule has 0 atom stereocenters. The number of nitrogens with one attached hydrogen (secondary N) is 2. The molecule has 36 heavy (non-hydrogen) atoms. The first-order valence-corrected chi connectivity index (χ1v) is 10.5. The fourth-order valence-corrected chi connectivity index (χ4v) is 3.14. The molecule has 0 bridgehead atoms. The van der Waals surface area contributed by atoms with Crippen molar-refractivity contribution < 1.29 is 28.6 Å². The molecule has 12 nitrogen and oxygen atoms in total. The van der Waals surface area contributed by atoms with Crippen LogP contribution in [0.3, 0.4) is 0 Å². The van der Waals surface area contributed by atoms with Crippen molar-refractivity contribution in [3.8, 4) is 11.5 Å². The molecule has 3 rings (SSSR count). The summed E-state index contributed by atoms with van der Waals surface area (Å²) < 4.78 is 9.85. The third-order valence-corrected chi connectivity index (χ3v) is 4.89. The maximum absolute atomic E-state index is 12.4. The minimum atomic E-state index is -0.797. The Morgan fingerprint density at radius 3 is 1.36 bits per heavy atom. The highest BCUT2D eigenvalue weighted by atomic mass is 16.4. The smallest absolute Gasteiger partial charge is 0.348 e. The highest BCUT2D eigenvalue weighted by Crippen LogP contribution is 2.16. The van der Waals surface area contributed by atoms with Gasteiger partial charge in [0, 0.05) is 23.3 Å². The molecule has 0 unspecified atom stereocenters. The minimum absolute atomic E-state index is 0.0347. The van der Waals surface area contributed by atoms with Gasteiger partial charge in [-0.2, -0.15) is 10.2 Å². The van der Waals surface area contributed by atoms with Gasteiger partial charge < -0.3 is 19.0 Å². The van der Waals surface area contributed by atoms with Gasteiger partial charge in [0.1, 0.15) is 34.1 Å². The SMILES string of the molecule is C/C(=N\NC(=O)c1ccc(C(=O)N/N=C(\C)c2c(O)cc(C)oc2=O)cc1)c1c(O)cc(C)oc1=O. The standard InChI is InChI=1S/C24H22N4O8/c1-11-9-17(29)19(23(33)35-11)13(3)25-27-21(31)15-5-7-16(8-6-15)22(32)28-26-14(4)20-18(30)10-12(2)36-24(20)34/h5-10,29-30H,1-4H3,(H,27,31)(H,28,32)/b25-13+,26-14+. The first-order chi connectivity index (χ1) is 17.0. The Hall–Kier alpha value is -5.00. The van der Waals surface area contributed by atoms with Crippen molar-refractivity contribution in [2.45, 2.75) is 27.7 Å². The molecular weight excluding hydrogens is 472 g/mol. The predicted molar refractivity (Wildman–Crippen MR) is 129 cm³/mol. The molecule has 2 aromatic heterocycles. The van der Waals surface area contributed by atoms with Crippen LogP contribution in [0.4, 0.5) is 0 Å². The van der Waals surface area contributed by atoms with Gasteiger partial charge in [0.25, 0.3) is 11.8 Å². The van der Waals surface area contributed by atoms with Gasteiger partial charge in [0.15, 0.2) is 0 Å². The Bertz CT molecular complexity index is 1400. The topological polar surface area (TPSA) is 184 Å². The van der Waals surface area contributed by atoms with Crippen LogP contribution in [-0.4, -0.2) is 33.5 Å². The average molecular weight is 494 g/mol. The third-order valence-electron chi connectivity index (χ3n) is 4.89. The first-order valence-electron chi connectivity index (χ1n) is 10.5. The van der Waals surface area contributed by atoms with Crippen LogP contribution in [-0.2, 0) is 0 Å². The zero-order valence-corrected chi connectivity index (χ0v) is 19.7. The molecule has 0 aliphatic carbocycles. The van der Waals surface area contributed by atoms with Gasteiger partial charge in [0.05, 0.1) is 11.4 Å². The Morgan fingerprint density at radius 1 is 0.722 bits per heavy atom. The van der Waals surface area contributed by atoms with Crippen molar-refractivity contribution in [2.24, 2.45) is 10.2 Å². The summed E-state index contributed by atoms with van der Waals surface area (Å²) in [5.41, 5.74) is 2.95. The molecule has 0 saturated heterocycles. The minimum Gasteiger partial charge on any atom is -0.507 e. The van der Waals surface area contributed by atoms with E-state index in [0.717, 1.165) is 0 Å². The fourth-order valence-electron chi connectivity index (χ4n) is 3.14. The molecular formula is C24H22N4O8. The number of carbonyl (C=O) groups excluding carboxylic acids is 2. The van der Waals surface area contributed by atoms with Gasteiger partial charge >= 0.3 is 11.3 Å². The second-order valence-corrected chi connectivity index (χ2v) is 7.66. The summed E-state index contributed by atoms with van der Waals surface area (Å²) in [6, 6.07) is 7.97. The van der Waals surface area contributed by atoms with Gasteiger partial charge in [0.2, 0.25) is 0 Å². The Kier molecular flexibility index (Phi) is 7.48. The van der Waals surface area contributed by atoms with Gasteiger partial charge in [-0.3, -0.25) is 9.59 Å².